The van der Waals surface area contributed by atoms with E-state index in [4.69, 9.17) is 5.84 Å². The van der Waals surface area contributed by atoms with Crippen molar-refractivity contribution < 1.29 is 8.42 Å². The molecule has 9 heteroatoms. The number of hydrazine groups is 1. The summed E-state index contributed by atoms with van der Waals surface area (Å²) in [6.07, 6.45) is 3.05. The van der Waals surface area contributed by atoms with Gasteiger partial charge in [0.2, 0.25) is 0 Å². The van der Waals surface area contributed by atoms with Crippen molar-refractivity contribution in [3.05, 3.63) is 6.07 Å². The number of hydrogen-bond acceptors (Lipinski definition) is 8. The van der Waals surface area contributed by atoms with Crippen LogP contribution in [0.2, 0.25) is 0 Å². The Morgan fingerprint density at radius 1 is 1.44 bits per heavy atom. The number of sulfone groups is 1. The van der Waals surface area contributed by atoms with Gasteiger partial charge in [0.05, 0.1) is 5.75 Å². The van der Waals surface area contributed by atoms with E-state index >= 15 is 0 Å². The SMILES string of the molecule is CSc1nc(NN)cc(NC(C)CS(C)(=O)=O)n1. The summed E-state index contributed by atoms with van der Waals surface area (Å²) in [5.41, 5.74) is 2.44. The van der Waals surface area contributed by atoms with Gasteiger partial charge in [0.15, 0.2) is 5.16 Å². The predicted molar refractivity (Wildman–Crippen MR) is 74.4 cm³/mol. The highest BCUT2D eigenvalue weighted by molar-refractivity contribution is 7.98. The van der Waals surface area contributed by atoms with E-state index in [1.54, 1.807) is 13.0 Å². The second-order valence-corrected chi connectivity index (χ2v) is 6.87. The first-order chi connectivity index (χ1) is 8.34. The van der Waals surface area contributed by atoms with E-state index in [9.17, 15) is 8.42 Å². The highest BCUT2D eigenvalue weighted by Gasteiger charge is 2.12. The Kier molecular flexibility index (Phi) is 5.17. The lowest BCUT2D eigenvalue weighted by atomic mass is 10.4. The monoisotopic (exact) mass is 291 g/mol. The molecule has 102 valence electrons. The maximum absolute atomic E-state index is 11.2. The third-order valence-corrected chi connectivity index (χ3v) is 3.64. The Hall–Kier alpha value is -1.06. The standard InChI is InChI=1S/C9H17N5O2S2/c1-6(5-18(3,15)16)11-7-4-8(14-10)13-9(12-7)17-2/h4,6H,5,10H2,1-3H3,(H2,11,12,13,14). The van der Waals surface area contributed by atoms with Crippen molar-refractivity contribution in [1.29, 1.82) is 0 Å². The van der Waals surface area contributed by atoms with Crippen molar-refractivity contribution >= 4 is 33.2 Å². The van der Waals surface area contributed by atoms with Crippen molar-refractivity contribution in [2.24, 2.45) is 5.84 Å². The molecule has 1 atom stereocenters. The van der Waals surface area contributed by atoms with Crippen LogP contribution in [0, 0.1) is 0 Å². The van der Waals surface area contributed by atoms with E-state index in [1.165, 1.54) is 18.0 Å². The summed E-state index contributed by atoms with van der Waals surface area (Å²) >= 11 is 1.38. The van der Waals surface area contributed by atoms with E-state index in [0.29, 0.717) is 16.8 Å². The van der Waals surface area contributed by atoms with Crippen molar-refractivity contribution in [3.8, 4) is 0 Å². The third-order valence-electron chi connectivity index (χ3n) is 1.98. The highest BCUT2D eigenvalue weighted by atomic mass is 32.2. The molecule has 0 aromatic carbocycles. The molecule has 0 saturated carbocycles. The van der Waals surface area contributed by atoms with Crippen LogP contribution >= 0.6 is 11.8 Å². The fourth-order valence-corrected chi connectivity index (χ4v) is 2.78. The third kappa shape index (κ3) is 5.07. The van der Waals surface area contributed by atoms with Gasteiger partial charge in [-0.3, -0.25) is 0 Å². The Balaban J connectivity index is 2.83. The quantitative estimate of drug-likeness (QED) is 0.298. The van der Waals surface area contributed by atoms with Gasteiger partial charge in [-0.05, 0) is 13.2 Å². The number of nitrogen functional groups attached to an aromatic ring is 1. The molecular formula is C9H17N5O2S2. The van der Waals surface area contributed by atoms with Crippen molar-refractivity contribution in [2.75, 3.05) is 29.0 Å². The maximum Gasteiger partial charge on any atom is 0.191 e. The molecule has 1 aromatic rings. The highest BCUT2D eigenvalue weighted by Crippen LogP contribution is 2.17. The lowest BCUT2D eigenvalue weighted by molar-refractivity contribution is 0.598. The molecule has 0 saturated heterocycles. The number of nitrogens with one attached hydrogen (secondary N) is 2. The summed E-state index contributed by atoms with van der Waals surface area (Å²) in [5.74, 6) is 6.36. The number of thioether (sulfide) groups is 1. The first-order valence-electron chi connectivity index (χ1n) is 5.18. The second kappa shape index (κ2) is 6.21. The molecule has 18 heavy (non-hydrogen) atoms. The largest absolute Gasteiger partial charge is 0.366 e. The minimum Gasteiger partial charge on any atom is -0.366 e. The van der Waals surface area contributed by atoms with Crippen LogP contribution in [0.3, 0.4) is 0 Å². The number of aromatic nitrogens is 2. The zero-order chi connectivity index (χ0) is 13.8. The van der Waals surface area contributed by atoms with Gasteiger partial charge >= 0.3 is 0 Å². The Morgan fingerprint density at radius 2 is 2.06 bits per heavy atom. The minimum absolute atomic E-state index is 0.0387. The minimum atomic E-state index is -3.03. The van der Waals surface area contributed by atoms with Crippen molar-refractivity contribution in [1.82, 2.24) is 9.97 Å². The molecule has 0 spiro atoms. The zero-order valence-electron chi connectivity index (χ0n) is 10.5. The summed E-state index contributed by atoms with van der Waals surface area (Å²) in [6, 6.07) is 1.38. The van der Waals surface area contributed by atoms with Gasteiger partial charge in [0, 0.05) is 18.4 Å². The van der Waals surface area contributed by atoms with Crippen LogP contribution in [0.1, 0.15) is 6.92 Å². The van der Waals surface area contributed by atoms with Crippen molar-refractivity contribution in [3.63, 3.8) is 0 Å². The van der Waals surface area contributed by atoms with Crippen molar-refractivity contribution in [2.45, 2.75) is 18.1 Å². The second-order valence-electron chi connectivity index (χ2n) is 3.91. The first-order valence-corrected chi connectivity index (χ1v) is 8.46. The van der Waals surface area contributed by atoms with Gasteiger partial charge < -0.3 is 10.7 Å². The number of nitrogens with two attached hydrogens (primary N) is 1. The topological polar surface area (TPSA) is 110 Å². The Labute approximate surface area is 111 Å². The molecule has 0 aliphatic heterocycles. The fourth-order valence-electron chi connectivity index (χ4n) is 1.41. The first kappa shape index (κ1) is 15.0. The number of rotatable bonds is 6. The molecule has 0 aliphatic carbocycles. The van der Waals surface area contributed by atoms with Crippen LogP contribution in [-0.2, 0) is 9.84 Å². The van der Waals surface area contributed by atoms with Gasteiger partial charge in [-0.25, -0.2) is 24.2 Å². The van der Waals surface area contributed by atoms with Gasteiger partial charge in [0.1, 0.15) is 21.5 Å². The summed E-state index contributed by atoms with van der Waals surface area (Å²) in [6.45, 7) is 1.78. The van der Waals surface area contributed by atoms with Gasteiger partial charge in [-0.1, -0.05) is 11.8 Å². The average Bonchev–Trinajstić information content (AvgIpc) is 2.25. The van der Waals surface area contributed by atoms with Crippen LogP contribution in [0.15, 0.2) is 11.2 Å². The smallest absolute Gasteiger partial charge is 0.191 e. The van der Waals surface area contributed by atoms with E-state index in [0.717, 1.165) is 0 Å². The van der Waals surface area contributed by atoms with Crippen LogP contribution < -0.4 is 16.6 Å². The van der Waals surface area contributed by atoms with E-state index in [1.807, 2.05) is 6.26 Å². The molecule has 1 rings (SSSR count). The molecule has 0 bridgehead atoms. The summed E-state index contributed by atoms with van der Waals surface area (Å²) in [7, 11) is -3.03. The molecule has 1 aromatic heterocycles. The van der Waals surface area contributed by atoms with Gasteiger partial charge in [-0.2, -0.15) is 0 Å². The molecule has 0 aliphatic rings. The summed E-state index contributed by atoms with van der Waals surface area (Å²) < 4.78 is 22.3. The molecule has 0 fully saturated rings. The lowest BCUT2D eigenvalue weighted by Crippen LogP contribution is -2.25. The molecule has 7 nitrogen and oxygen atoms in total. The number of anilines is 2. The molecule has 4 N–H and O–H groups in total. The molecule has 0 radical (unpaired) electrons. The number of nitrogens with zero attached hydrogens (tertiary/aromatic N) is 2. The predicted octanol–water partition coefficient (Wildman–Crippen LogP) is 0.329. The summed E-state index contributed by atoms with van der Waals surface area (Å²) in [5, 5.41) is 3.56. The van der Waals surface area contributed by atoms with E-state index < -0.39 is 9.84 Å². The van der Waals surface area contributed by atoms with Gasteiger partial charge in [0.25, 0.3) is 0 Å². The molecule has 1 heterocycles. The van der Waals surface area contributed by atoms with Crippen LogP contribution in [0.25, 0.3) is 0 Å². The lowest BCUT2D eigenvalue weighted by Gasteiger charge is -2.14. The fraction of sp³-hybridized carbons (Fsp3) is 0.556. The average molecular weight is 291 g/mol. The molecular weight excluding hydrogens is 274 g/mol. The van der Waals surface area contributed by atoms with Crippen LogP contribution in [0.4, 0.5) is 11.6 Å². The maximum atomic E-state index is 11.2. The van der Waals surface area contributed by atoms with Crippen LogP contribution in [-0.4, -0.2) is 42.7 Å². The molecule has 1 unspecified atom stereocenters. The normalized spacial score (nSPS) is 13.1. The summed E-state index contributed by atoms with van der Waals surface area (Å²) in [4.78, 5) is 8.33. The Bertz CT molecular complexity index is 483. The van der Waals surface area contributed by atoms with E-state index in [2.05, 4.69) is 20.7 Å². The van der Waals surface area contributed by atoms with E-state index in [-0.39, 0.29) is 11.8 Å². The Morgan fingerprint density at radius 3 is 2.56 bits per heavy atom. The number of hydrogen-bond donors (Lipinski definition) is 3. The molecule has 0 amide bonds. The zero-order valence-corrected chi connectivity index (χ0v) is 12.1. The van der Waals surface area contributed by atoms with Crippen LogP contribution in [0.5, 0.6) is 0 Å². The van der Waals surface area contributed by atoms with Gasteiger partial charge in [-0.15, -0.1) is 0 Å².